The van der Waals surface area contributed by atoms with E-state index in [1.165, 1.54) is 12.1 Å². The number of rotatable bonds is 6. The molecule has 0 atom stereocenters. The molecule has 0 aliphatic rings. The Morgan fingerprint density at radius 3 is 2.60 bits per heavy atom. The van der Waals surface area contributed by atoms with Crippen molar-refractivity contribution >= 4 is 40.0 Å². The third-order valence-corrected chi connectivity index (χ3v) is 4.48. The van der Waals surface area contributed by atoms with Gasteiger partial charge in [-0.1, -0.05) is 17.7 Å². The summed E-state index contributed by atoms with van der Waals surface area (Å²) in [6.45, 7) is -0.0939. The van der Waals surface area contributed by atoms with Gasteiger partial charge in [0, 0.05) is 24.1 Å². The summed E-state index contributed by atoms with van der Waals surface area (Å²) in [6.07, 6.45) is -3.99. The summed E-state index contributed by atoms with van der Waals surface area (Å²) in [5.74, 6) is -1.09. The molecular formula is C18H12ClF3N4O4. The summed E-state index contributed by atoms with van der Waals surface area (Å²) in [6, 6.07) is 5.69. The van der Waals surface area contributed by atoms with Gasteiger partial charge in [-0.2, -0.15) is 13.2 Å². The number of carboxylic acids is 1. The van der Waals surface area contributed by atoms with E-state index in [-0.39, 0.29) is 40.1 Å². The van der Waals surface area contributed by atoms with Crippen LogP contribution in [0.3, 0.4) is 0 Å². The molecule has 0 radical (unpaired) electrons. The molecule has 0 bridgehead atoms. The second-order valence-corrected chi connectivity index (χ2v) is 6.62. The maximum absolute atomic E-state index is 13.0. The molecule has 8 nitrogen and oxygen atoms in total. The number of nitrogens with zero attached hydrogens (tertiary/aromatic N) is 3. The number of carboxylic acid groups (broad SMARTS) is 1. The van der Waals surface area contributed by atoms with E-state index in [2.05, 4.69) is 15.3 Å². The molecule has 0 aliphatic carbocycles. The molecule has 156 valence electrons. The van der Waals surface area contributed by atoms with Gasteiger partial charge in [0.15, 0.2) is 0 Å². The Morgan fingerprint density at radius 2 is 1.97 bits per heavy atom. The highest BCUT2D eigenvalue weighted by molar-refractivity contribution is 6.31. The number of halogens is 4. The van der Waals surface area contributed by atoms with Crippen LogP contribution in [-0.4, -0.2) is 26.0 Å². The quantitative estimate of drug-likeness (QED) is 0.429. The number of benzene rings is 2. The maximum atomic E-state index is 13.0. The smallest absolute Gasteiger partial charge is 0.417 e. The van der Waals surface area contributed by atoms with Crippen LogP contribution in [0, 0.1) is 10.1 Å². The lowest BCUT2D eigenvalue weighted by Crippen LogP contribution is -2.09. The number of carbonyl (C=O) groups is 1. The summed E-state index contributed by atoms with van der Waals surface area (Å²) in [4.78, 5) is 29.6. The molecular weight excluding hydrogens is 429 g/mol. The molecule has 2 N–H and O–H groups in total. The fourth-order valence-corrected chi connectivity index (χ4v) is 3.08. The highest BCUT2D eigenvalue weighted by Gasteiger charge is 2.33. The fraction of sp³-hybridized carbons (Fsp3) is 0.167. The molecule has 30 heavy (non-hydrogen) atoms. The van der Waals surface area contributed by atoms with Crippen LogP contribution in [0.25, 0.3) is 10.9 Å². The molecule has 0 amide bonds. The molecule has 3 aromatic rings. The molecule has 3 rings (SSSR count). The highest BCUT2D eigenvalue weighted by Crippen LogP contribution is 2.35. The van der Waals surface area contributed by atoms with Crippen LogP contribution in [0.5, 0.6) is 0 Å². The van der Waals surface area contributed by atoms with Gasteiger partial charge in [0.1, 0.15) is 12.1 Å². The Kier molecular flexibility index (Phi) is 5.74. The van der Waals surface area contributed by atoms with Crippen molar-refractivity contribution in [3.63, 3.8) is 0 Å². The van der Waals surface area contributed by atoms with E-state index in [1.807, 2.05) is 0 Å². The first-order valence-electron chi connectivity index (χ1n) is 8.29. The van der Waals surface area contributed by atoms with Crippen LogP contribution in [0.15, 0.2) is 36.7 Å². The van der Waals surface area contributed by atoms with Crippen LogP contribution in [-0.2, 0) is 23.9 Å². The van der Waals surface area contributed by atoms with Crippen molar-refractivity contribution in [1.29, 1.82) is 0 Å². The monoisotopic (exact) mass is 440 g/mol. The number of aromatic nitrogens is 2. The van der Waals surface area contributed by atoms with Crippen LogP contribution in [0.2, 0.25) is 5.02 Å². The minimum atomic E-state index is -4.62. The van der Waals surface area contributed by atoms with Gasteiger partial charge < -0.3 is 10.4 Å². The van der Waals surface area contributed by atoms with Gasteiger partial charge in [0.05, 0.1) is 27.4 Å². The second kappa shape index (κ2) is 8.11. The molecule has 0 spiro atoms. The minimum absolute atomic E-state index is 0.0939. The van der Waals surface area contributed by atoms with E-state index in [4.69, 9.17) is 16.7 Å². The largest absolute Gasteiger partial charge is 0.481 e. The predicted octanol–water partition coefficient (Wildman–Crippen LogP) is 4.45. The van der Waals surface area contributed by atoms with E-state index < -0.39 is 34.1 Å². The molecule has 0 saturated carbocycles. The molecule has 0 aliphatic heterocycles. The lowest BCUT2D eigenvalue weighted by Gasteiger charge is -2.13. The van der Waals surface area contributed by atoms with E-state index in [9.17, 15) is 28.1 Å². The van der Waals surface area contributed by atoms with Gasteiger partial charge in [-0.15, -0.1) is 0 Å². The zero-order valence-corrected chi connectivity index (χ0v) is 15.7. The van der Waals surface area contributed by atoms with Crippen LogP contribution in [0.1, 0.15) is 16.7 Å². The first-order chi connectivity index (χ1) is 14.1. The maximum Gasteiger partial charge on any atom is 0.417 e. The summed E-state index contributed by atoms with van der Waals surface area (Å²) in [7, 11) is 0. The highest BCUT2D eigenvalue weighted by atomic mass is 35.5. The average Bonchev–Trinajstić information content (AvgIpc) is 2.65. The topological polar surface area (TPSA) is 118 Å². The Hall–Kier alpha value is -3.47. The first-order valence-corrected chi connectivity index (χ1v) is 8.67. The fourth-order valence-electron chi connectivity index (χ4n) is 2.85. The zero-order valence-electron chi connectivity index (χ0n) is 14.9. The second-order valence-electron chi connectivity index (χ2n) is 6.22. The van der Waals surface area contributed by atoms with Crippen molar-refractivity contribution in [1.82, 2.24) is 9.97 Å². The summed E-state index contributed by atoms with van der Waals surface area (Å²) >= 11 is 5.61. The van der Waals surface area contributed by atoms with E-state index in [0.29, 0.717) is 0 Å². The average molecular weight is 441 g/mol. The van der Waals surface area contributed by atoms with Gasteiger partial charge in [-0.05, 0) is 23.3 Å². The lowest BCUT2D eigenvalue weighted by atomic mass is 10.1. The van der Waals surface area contributed by atoms with Gasteiger partial charge >= 0.3 is 12.1 Å². The SMILES string of the molecule is O=C(O)Cc1cc([N+](=O)[O-])cc2c(NCc3ccc(Cl)c(C(F)(F)F)c3)ncnc12. The number of fused-ring (bicyclic) bond motifs is 1. The molecule has 1 aromatic heterocycles. The Morgan fingerprint density at radius 1 is 1.23 bits per heavy atom. The Bertz CT molecular complexity index is 1150. The van der Waals surface area contributed by atoms with Crippen molar-refractivity contribution in [3.8, 4) is 0 Å². The van der Waals surface area contributed by atoms with Gasteiger partial charge in [0.2, 0.25) is 0 Å². The molecule has 1 heterocycles. The van der Waals surface area contributed by atoms with Crippen LogP contribution < -0.4 is 5.32 Å². The van der Waals surface area contributed by atoms with Crippen LogP contribution in [0.4, 0.5) is 24.7 Å². The van der Waals surface area contributed by atoms with Crippen molar-refractivity contribution in [2.45, 2.75) is 19.1 Å². The summed E-state index contributed by atoms with van der Waals surface area (Å²) < 4.78 is 39.1. The van der Waals surface area contributed by atoms with Crippen molar-refractivity contribution in [2.75, 3.05) is 5.32 Å². The number of anilines is 1. The van der Waals surface area contributed by atoms with Crippen LogP contribution >= 0.6 is 11.6 Å². The number of nitro benzene ring substituents is 1. The Labute approximate surface area is 171 Å². The number of hydrogen-bond acceptors (Lipinski definition) is 6. The van der Waals surface area contributed by atoms with Gasteiger partial charge in [-0.3, -0.25) is 14.9 Å². The third-order valence-electron chi connectivity index (χ3n) is 4.15. The normalized spacial score (nSPS) is 11.5. The number of nitrogens with one attached hydrogen (secondary N) is 1. The number of nitro groups is 1. The summed E-state index contributed by atoms with van der Waals surface area (Å²) in [5.41, 5.74) is -0.803. The number of aliphatic carboxylic acids is 1. The molecule has 0 unspecified atom stereocenters. The van der Waals surface area contributed by atoms with E-state index in [1.54, 1.807) is 0 Å². The van der Waals surface area contributed by atoms with Crippen molar-refractivity contribution < 1.29 is 28.0 Å². The minimum Gasteiger partial charge on any atom is -0.481 e. The van der Waals surface area contributed by atoms with Gasteiger partial charge in [0.25, 0.3) is 5.69 Å². The van der Waals surface area contributed by atoms with E-state index >= 15 is 0 Å². The first kappa shape index (κ1) is 21.2. The lowest BCUT2D eigenvalue weighted by molar-refractivity contribution is -0.384. The standard InChI is InChI=1S/C18H12ClF3N4O4/c19-14-2-1-9(3-13(14)18(20,21)22)7-23-17-12-6-11(26(29)30)4-10(5-15(27)28)16(12)24-8-25-17/h1-4,6,8H,5,7H2,(H,27,28)(H,23,24,25). The zero-order chi connectivity index (χ0) is 22.1. The number of non-ortho nitro benzene ring substituents is 1. The van der Waals surface area contributed by atoms with Crippen molar-refractivity contribution in [3.05, 3.63) is 68.5 Å². The van der Waals surface area contributed by atoms with Crippen molar-refractivity contribution in [2.24, 2.45) is 0 Å². The Balaban J connectivity index is 2.00. The molecule has 12 heteroatoms. The van der Waals surface area contributed by atoms with Gasteiger partial charge in [-0.25, -0.2) is 9.97 Å². The molecule has 0 saturated heterocycles. The molecule has 2 aromatic carbocycles. The van der Waals surface area contributed by atoms with E-state index in [0.717, 1.165) is 24.5 Å². The predicted molar refractivity (Wildman–Crippen MR) is 101 cm³/mol. The number of hydrogen-bond donors (Lipinski definition) is 2. The third kappa shape index (κ3) is 4.57. The molecule has 0 fully saturated rings. The summed E-state index contributed by atoms with van der Waals surface area (Å²) in [5, 5.41) is 22.8. The number of alkyl halides is 3.